The summed E-state index contributed by atoms with van der Waals surface area (Å²) in [6, 6.07) is 7.95. The number of hydrogen-bond acceptors (Lipinski definition) is 2. The van der Waals surface area contributed by atoms with Gasteiger partial charge in [-0.25, -0.2) is 0 Å². The van der Waals surface area contributed by atoms with Crippen molar-refractivity contribution in [1.29, 1.82) is 0 Å². The number of rotatable bonds is 4. The molecule has 1 rings (SSSR count). The molecule has 1 atom stereocenters. The lowest BCUT2D eigenvalue weighted by atomic mass is 9.95. The van der Waals surface area contributed by atoms with Crippen LogP contribution >= 0.6 is 15.9 Å². The first-order valence-corrected chi connectivity index (χ1v) is 6.87. The molecule has 0 saturated carbocycles. The highest BCUT2D eigenvalue weighted by molar-refractivity contribution is 9.10. The fraction of sp³-hybridized carbons (Fsp3) is 0.500. The molecule has 1 amide bonds. The van der Waals surface area contributed by atoms with Gasteiger partial charge in [-0.05, 0) is 45.0 Å². The number of hydrogen-bond donors (Lipinski definition) is 2. The Balaban J connectivity index is 2.71. The summed E-state index contributed by atoms with van der Waals surface area (Å²) in [6.45, 7) is 6.39. The van der Waals surface area contributed by atoms with Crippen LogP contribution in [0.2, 0.25) is 0 Å². The minimum Gasteiger partial charge on any atom is -0.351 e. The maximum absolute atomic E-state index is 11.9. The van der Waals surface area contributed by atoms with Crippen molar-refractivity contribution in [2.75, 3.05) is 6.54 Å². The van der Waals surface area contributed by atoms with E-state index < -0.39 is 0 Å². The number of nitrogens with two attached hydrogens (primary N) is 1. The highest BCUT2D eigenvalue weighted by Crippen LogP contribution is 2.22. The molecule has 1 unspecified atom stereocenters. The van der Waals surface area contributed by atoms with Gasteiger partial charge in [-0.1, -0.05) is 28.1 Å². The number of halogens is 1. The zero-order valence-electron chi connectivity index (χ0n) is 11.2. The molecule has 0 saturated heterocycles. The van der Waals surface area contributed by atoms with E-state index in [1.54, 1.807) is 0 Å². The summed E-state index contributed by atoms with van der Waals surface area (Å²) >= 11 is 3.43. The first-order chi connectivity index (χ1) is 8.31. The summed E-state index contributed by atoms with van der Waals surface area (Å²) in [6.07, 6.45) is 0.421. The van der Waals surface area contributed by atoms with E-state index in [2.05, 4.69) is 21.2 Å². The smallest absolute Gasteiger partial charge is 0.221 e. The van der Waals surface area contributed by atoms with E-state index in [-0.39, 0.29) is 17.4 Å². The molecule has 100 valence electrons. The zero-order chi connectivity index (χ0) is 13.8. The van der Waals surface area contributed by atoms with Crippen LogP contribution in [-0.4, -0.2) is 18.0 Å². The third kappa shape index (κ3) is 5.19. The second-order valence-corrected chi connectivity index (χ2v) is 6.41. The molecule has 0 aliphatic carbocycles. The quantitative estimate of drug-likeness (QED) is 0.898. The van der Waals surface area contributed by atoms with E-state index in [9.17, 15) is 4.79 Å². The number of amides is 1. The Morgan fingerprint density at radius 2 is 2.11 bits per heavy atom. The van der Waals surface area contributed by atoms with Crippen molar-refractivity contribution in [3.63, 3.8) is 0 Å². The molecule has 0 aliphatic heterocycles. The van der Waals surface area contributed by atoms with Gasteiger partial charge in [-0.15, -0.1) is 0 Å². The topological polar surface area (TPSA) is 55.1 Å². The van der Waals surface area contributed by atoms with Gasteiger partial charge in [0.25, 0.3) is 0 Å². The van der Waals surface area contributed by atoms with Crippen molar-refractivity contribution in [2.24, 2.45) is 5.73 Å². The second kappa shape index (κ2) is 6.34. The molecular weight excluding hydrogens is 292 g/mol. The van der Waals surface area contributed by atoms with Gasteiger partial charge in [-0.2, -0.15) is 0 Å². The maximum atomic E-state index is 11.9. The molecule has 1 aromatic rings. The molecular formula is C14H21BrN2O. The predicted molar refractivity (Wildman–Crippen MR) is 78.5 cm³/mol. The van der Waals surface area contributed by atoms with Gasteiger partial charge in [0.15, 0.2) is 0 Å². The van der Waals surface area contributed by atoms with Gasteiger partial charge in [-0.3, -0.25) is 4.79 Å². The van der Waals surface area contributed by atoms with E-state index in [0.717, 1.165) is 10.0 Å². The van der Waals surface area contributed by atoms with Gasteiger partial charge in [0.05, 0.1) is 0 Å². The third-order valence-corrected chi connectivity index (χ3v) is 3.04. The molecule has 4 heteroatoms. The molecule has 0 radical (unpaired) electrons. The molecule has 0 spiro atoms. The van der Waals surface area contributed by atoms with Crippen molar-refractivity contribution in [1.82, 2.24) is 5.32 Å². The largest absolute Gasteiger partial charge is 0.351 e. The van der Waals surface area contributed by atoms with E-state index in [1.165, 1.54) is 0 Å². The molecule has 0 bridgehead atoms. The summed E-state index contributed by atoms with van der Waals surface area (Å²) < 4.78 is 1.01. The summed E-state index contributed by atoms with van der Waals surface area (Å²) in [5.41, 5.74) is 6.66. The third-order valence-electron chi connectivity index (χ3n) is 2.55. The van der Waals surface area contributed by atoms with Crippen molar-refractivity contribution < 1.29 is 4.79 Å². The average molecular weight is 313 g/mol. The van der Waals surface area contributed by atoms with E-state index >= 15 is 0 Å². The minimum absolute atomic E-state index is 0.0397. The lowest BCUT2D eigenvalue weighted by Gasteiger charge is -2.23. The highest BCUT2D eigenvalue weighted by Gasteiger charge is 2.18. The van der Waals surface area contributed by atoms with Crippen molar-refractivity contribution >= 4 is 21.8 Å². The molecule has 0 aliphatic rings. The minimum atomic E-state index is -0.201. The van der Waals surface area contributed by atoms with Crippen LogP contribution in [-0.2, 0) is 4.79 Å². The number of benzene rings is 1. The first kappa shape index (κ1) is 15.2. The van der Waals surface area contributed by atoms with Crippen LogP contribution in [0, 0.1) is 0 Å². The zero-order valence-corrected chi connectivity index (χ0v) is 12.8. The second-order valence-electron chi connectivity index (χ2n) is 5.49. The Morgan fingerprint density at radius 1 is 1.44 bits per heavy atom. The van der Waals surface area contributed by atoms with E-state index in [0.29, 0.717) is 13.0 Å². The molecule has 18 heavy (non-hydrogen) atoms. The van der Waals surface area contributed by atoms with Crippen LogP contribution in [0.4, 0.5) is 0 Å². The molecule has 0 fully saturated rings. The predicted octanol–water partition coefficient (Wildman–Crippen LogP) is 2.80. The van der Waals surface area contributed by atoms with E-state index in [4.69, 9.17) is 5.73 Å². The van der Waals surface area contributed by atoms with Crippen molar-refractivity contribution in [3.05, 3.63) is 34.3 Å². The molecule has 3 N–H and O–H groups in total. The first-order valence-electron chi connectivity index (χ1n) is 6.08. The van der Waals surface area contributed by atoms with Crippen molar-refractivity contribution in [2.45, 2.75) is 38.6 Å². The summed E-state index contributed by atoms with van der Waals surface area (Å²) in [5.74, 6) is 0.0998. The lowest BCUT2D eigenvalue weighted by molar-refractivity contribution is -0.122. The van der Waals surface area contributed by atoms with Gasteiger partial charge >= 0.3 is 0 Å². The van der Waals surface area contributed by atoms with Crippen molar-refractivity contribution in [3.8, 4) is 0 Å². The Hall–Kier alpha value is -0.870. The maximum Gasteiger partial charge on any atom is 0.221 e. The number of carbonyl (C=O) groups is 1. The lowest BCUT2D eigenvalue weighted by Crippen LogP contribution is -2.41. The van der Waals surface area contributed by atoms with Crippen LogP contribution < -0.4 is 11.1 Å². The normalized spacial score (nSPS) is 13.2. The summed E-state index contributed by atoms with van der Waals surface area (Å²) in [4.78, 5) is 11.9. The number of nitrogens with one attached hydrogen (secondary N) is 1. The Bertz CT molecular complexity index is 413. The van der Waals surface area contributed by atoms with Gasteiger partial charge in [0.2, 0.25) is 5.91 Å². The fourth-order valence-electron chi connectivity index (χ4n) is 1.79. The molecule has 1 aromatic carbocycles. The Labute approximate surface area is 117 Å². The van der Waals surface area contributed by atoms with Crippen LogP contribution in [0.5, 0.6) is 0 Å². The standard InChI is InChI=1S/C14H21BrN2O/c1-14(2,3)17-13(18)8-11(9-16)10-5-4-6-12(15)7-10/h4-7,11H,8-9,16H2,1-3H3,(H,17,18). The molecule has 0 heterocycles. The Kier molecular flexibility index (Phi) is 5.35. The van der Waals surface area contributed by atoms with Gasteiger partial charge in [0, 0.05) is 22.4 Å². The van der Waals surface area contributed by atoms with Crippen LogP contribution in [0.1, 0.15) is 38.7 Å². The summed E-state index contributed by atoms with van der Waals surface area (Å²) in [7, 11) is 0. The molecule has 3 nitrogen and oxygen atoms in total. The highest BCUT2D eigenvalue weighted by atomic mass is 79.9. The SMILES string of the molecule is CC(C)(C)NC(=O)CC(CN)c1cccc(Br)c1. The van der Waals surface area contributed by atoms with Gasteiger partial charge < -0.3 is 11.1 Å². The fourth-order valence-corrected chi connectivity index (χ4v) is 2.21. The van der Waals surface area contributed by atoms with E-state index in [1.807, 2.05) is 45.0 Å². The number of carbonyl (C=O) groups excluding carboxylic acids is 1. The van der Waals surface area contributed by atoms with Crippen LogP contribution in [0.15, 0.2) is 28.7 Å². The molecule has 0 aromatic heterocycles. The van der Waals surface area contributed by atoms with Gasteiger partial charge in [0.1, 0.15) is 0 Å². The Morgan fingerprint density at radius 3 is 2.61 bits per heavy atom. The average Bonchev–Trinajstić information content (AvgIpc) is 2.23. The summed E-state index contributed by atoms with van der Waals surface area (Å²) in [5, 5.41) is 2.96. The monoisotopic (exact) mass is 312 g/mol. The van der Waals surface area contributed by atoms with Crippen LogP contribution in [0.3, 0.4) is 0 Å². The van der Waals surface area contributed by atoms with Crippen LogP contribution in [0.25, 0.3) is 0 Å².